The summed E-state index contributed by atoms with van der Waals surface area (Å²) in [7, 11) is 0. The Labute approximate surface area is 80.0 Å². The Morgan fingerprint density at radius 2 is 2.31 bits per heavy atom. The van der Waals surface area contributed by atoms with Crippen LogP contribution in [0.25, 0.3) is 0 Å². The van der Waals surface area contributed by atoms with Gasteiger partial charge in [0.1, 0.15) is 5.60 Å². The van der Waals surface area contributed by atoms with Crippen LogP contribution >= 0.6 is 0 Å². The maximum absolute atomic E-state index is 10.9. The summed E-state index contributed by atoms with van der Waals surface area (Å²) in [5, 5.41) is 0. The summed E-state index contributed by atoms with van der Waals surface area (Å²) in [5.41, 5.74) is -0.185. The van der Waals surface area contributed by atoms with E-state index in [0.29, 0.717) is 6.42 Å². The normalized spacial score (nSPS) is 28.3. The van der Waals surface area contributed by atoms with Crippen molar-refractivity contribution in [3.63, 3.8) is 0 Å². The summed E-state index contributed by atoms with van der Waals surface area (Å²) in [6.07, 6.45) is 8.83. The van der Waals surface area contributed by atoms with Gasteiger partial charge < -0.3 is 4.74 Å². The van der Waals surface area contributed by atoms with Crippen molar-refractivity contribution in [1.82, 2.24) is 0 Å². The minimum Gasteiger partial charge on any atom is -0.459 e. The molecule has 0 N–H and O–H groups in total. The summed E-state index contributed by atoms with van der Waals surface area (Å²) < 4.78 is 5.26. The highest BCUT2D eigenvalue weighted by atomic mass is 16.6. The van der Waals surface area contributed by atoms with Crippen LogP contribution in [0.15, 0.2) is 12.2 Å². The van der Waals surface area contributed by atoms with E-state index in [-0.39, 0.29) is 11.6 Å². The van der Waals surface area contributed by atoms with E-state index < -0.39 is 0 Å². The van der Waals surface area contributed by atoms with Gasteiger partial charge in [-0.2, -0.15) is 0 Å². The molecule has 0 aromatic heterocycles. The van der Waals surface area contributed by atoms with Crippen LogP contribution in [0.3, 0.4) is 0 Å². The Bertz CT molecular complexity index is 208. The van der Waals surface area contributed by atoms with Gasteiger partial charge in [0.15, 0.2) is 0 Å². The molecule has 0 aromatic rings. The monoisotopic (exact) mass is 182 g/mol. The van der Waals surface area contributed by atoms with Gasteiger partial charge in [0.2, 0.25) is 0 Å². The first-order valence-corrected chi connectivity index (χ1v) is 5.03. The van der Waals surface area contributed by atoms with Crippen molar-refractivity contribution in [2.45, 2.75) is 51.6 Å². The van der Waals surface area contributed by atoms with Crippen LogP contribution in [0.2, 0.25) is 0 Å². The molecular formula is C11H18O2. The molecule has 2 nitrogen and oxygen atoms in total. The smallest absolute Gasteiger partial charge is 0.306 e. The van der Waals surface area contributed by atoms with E-state index in [1.807, 2.05) is 6.92 Å². The standard InChI is InChI=1S/C11H18O2/c1-3-4-5-6-8-11(2)9-7-10(12)13-11/h4-5H,3,6-9H2,1-2H3/b5-4-/t11-/m1/s1. The highest BCUT2D eigenvalue weighted by molar-refractivity contribution is 5.72. The summed E-state index contributed by atoms with van der Waals surface area (Å²) in [5.74, 6) is -0.0398. The molecule has 0 amide bonds. The maximum Gasteiger partial charge on any atom is 0.306 e. The second-order valence-corrected chi connectivity index (χ2v) is 3.84. The number of rotatable bonds is 4. The van der Waals surface area contributed by atoms with E-state index in [1.54, 1.807) is 0 Å². The number of esters is 1. The van der Waals surface area contributed by atoms with Gasteiger partial charge >= 0.3 is 5.97 Å². The molecule has 0 saturated carbocycles. The molecule has 0 aromatic carbocycles. The Balaban J connectivity index is 2.27. The first kappa shape index (κ1) is 10.3. The fraction of sp³-hybridized carbons (Fsp3) is 0.727. The number of hydrogen-bond acceptors (Lipinski definition) is 2. The second-order valence-electron chi connectivity index (χ2n) is 3.84. The van der Waals surface area contributed by atoms with Crippen LogP contribution in [-0.2, 0) is 9.53 Å². The van der Waals surface area contributed by atoms with Crippen LogP contribution < -0.4 is 0 Å². The molecule has 0 radical (unpaired) electrons. The van der Waals surface area contributed by atoms with Crippen LogP contribution in [0.4, 0.5) is 0 Å². The molecule has 1 fully saturated rings. The fourth-order valence-electron chi connectivity index (χ4n) is 1.59. The summed E-state index contributed by atoms with van der Waals surface area (Å²) in [6.45, 7) is 4.14. The van der Waals surface area contributed by atoms with Gasteiger partial charge in [0.25, 0.3) is 0 Å². The Hall–Kier alpha value is -0.790. The third kappa shape index (κ3) is 3.21. The summed E-state index contributed by atoms with van der Waals surface area (Å²) in [6, 6.07) is 0. The third-order valence-corrected chi connectivity index (χ3v) is 2.46. The molecule has 1 aliphatic heterocycles. The second kappa shape index (κ2) is 4.45. The summed E-state index contributed by atoms with van der Waals surface area (Å²) in [4.78, 5) is 10.9. The van der Waals surface area contributed by atoms with Gasteiger partial charge in [-0.3, -0.25) is 4.79 Å². The molecule has 0 spiro atoms. The molecule has 1 rings (SSSR count). The zero-order valence-corrected chi connectivity index (χ0v) is 8.51. The number of carbonyl (C=O) groups is 1. The van der Waals surface area contributed by atoms with E-state index in [9.17, 15) is 4.79 Å². The first-order chi connectivity index (χ1) is 6.16. The van der Waals surface area contributed by atoms with Crippen molar-refractivity contribution < 1.29 is 9.53 Å². The number of allylic oxidation sites excluding steroid dienone is 2. The number of ether oxygens (including phenoxy) is 1. The molecule has 1 heterocycles. The summed E-state index contributed by atoms with van der Waals surface area (Å²) >= 11 is 0. The van der Waals surface area contributed by atoms with Crippen molar-refractivity contribution in [3.8, 4) is 0 Å². The third-order valence-electron chi connectivity index (χ3n) is 2.46. The van der Waals surface area contributed by atoms with Crippen LogP contribution in [0.1, 0.15) is 46.0 Å². The lowest BCUT2D eigenvalue weighted by Gasteiger charge is -2.21. The topological polar surface area (TPSA) is 26.3 Å². The van der Waals surface area contributed by atoms with Crippen LogP contribution in [0, 0.1) is 0 Å². The lowest BCUT2D eigenvalue weighted by Crippen LogP contribution is -2.23. The molecule has 74 valence electrons. The van der Waals surface area contributed by atoms with Gasteiger partial charge in [-0.25, -0.2) is 0 Å². The lowest BCUT2D eigenvalue weighted by molar-refractivity contribution is -0.147. The van der Waals surface area contributed by atoms with E-state index in [1.165, 1.54) is 0 Å². The molecule has 0 bridgehead atoms. The number of carbonyl (C=O) groups excluding carboxylic acids is 1. The SMILES string of the molecule is CC/C=C\CC[C@]1(C)CCC(=O)O1. The fourth-order valence-corrected chi connectivity index (χ4v) is 1.59. The van der Waals surface area contributed by atoms with Gasteiger partial charge in [0, 0.05) is 6.42 Å². The van der Waals surface area contributed by atoms with E-state index in [2.05, 4.69) is 19.1 Å². The molecule has 1 atom stereocenters. The quantitative estimate of drug-likeness (QED) is 0.493. The molecule has 13 heavy (non-hydrogen) atoms. The van der Waals surface area contributed by atoms with Gasteiger partial charge in [-0.15, -0.1) is 0 Å². The lowest BCUT2D eigenvalue weighted by atomic mass is 9.96. The zero-order chi connectivity index (χ0) is 9.73. The van der Waals surface area contributed by atoms with E-state index in [0.717, 1.165) is 25.7 Å². The van der Waals surface area contributed by atoms with Gasteiger partial charge in [0.05, 0.1) is 0 Å². The molecule has 0 unspecified atom stereocenters. The van der Waals surface area contributed by atoms with Crippen molar-refractivity contribution >= 4 is 5.97 Å². The van der Waals surface area contributed by atoms with Gasteiger partial charge in [-0.1, -0.05) is 19.1 Å². The molecule has 1 saturated heterocycles. The molecule has 2 heteroatoms. The van der Waals surface area contributed by atoms with Crippen molar-refractivity contribution in [2.75, 3.05) is 0 Å². The highest BCUT2D eigenvalue weighted by Crippen LogP contribution is 2.30. The zero-order valence-electron chi connectivity index (χ0n) is 8.51. The molecule has 0 aliphatic carbocycles. The number of cyclic esters (lactones) is 1. The predicted octanol–water partition coefficient (Wildman–Crippen LogP) is 2.83. The minimum absolute atomic E-state index is 0.0398. The van der Waals surface area contributed by atoms with Crippen molar-refractivity contribution in [3.05, 3.63) is 12.2 Å². The van der Waals surface area contributed by atoms with Crippen LogP contribution in [-0.4, -0.2) is 11.6 Å². The minimum atomic E-state index is -0.185. The largest absolute Gasteiger partial charge is 0.459 e. The molecular weight excluding hydrogens is 164 g/mol. The van der Waals surface area contributed by atoms with Gasteiger partial charge in [-0.05, 0) is 32.6 Å². The predicted molar refractivity (Wildman–Crippen MR) is 52.4 cm³/mol. The van der Waals surface area contributed by atoms with Crippen LogP contribution in [0.5, 0.6) is 0 Å². The van der Waals surface area contributed by atoms with E-state index in [4.69, 9.17) is 4.74 Å². The number of hydrogen-bond donors (Lipinski definition) is 0. The first-order valence-electron chi connectivity index (χ1n) is 5.03. The Kier molecular flexibility index (Phi) is 3.52. The average molecular weight is 182 g/mol. The van der Waals surface area contributed by atoms with Crippen molar-refractivity contribution in [2.24, 2.45) is 0 Å². The average Bonchev–Trinajstić information content (AvgIpc) is 2.41. The molecule has 1 aliphatic rings. The Morgan fingerprint density at radius 1 is 1.54 bits per heavy atom. The Morgan fingerprint density at radius 3 is 2.85 bits per heavy atom. The van der Waals surface area contributed by atoms with E-state index >= 15 is 0 Å². The van der Waals surface area contributed by atoms with Crippen molar-refractivity contribution in [1.29, 1.82) is 0 Å². The highest BCUT2D eigenvalue weighted by Gasteiger charge is 2.34. The maximum atomic E-state index is 10.9.